The Morgan fingerprint density at radius 2 is 1.84 bits per heavy atom. The van der Waals surface area contributed by atoms with Gasteiger partial charge in [-0.15, -0.1) is 0 Å². The zero-order valence-electron chi connectivity index (χ0n) is 11.9. The first-order valence-corrected chi connectivity index (χ1v) is 7.11. The number of benzene rings is 1. The van der Waals surface area contributed by atoms with E-state index >= 15 is 0 Å². The lowest BCUT2D eigenvalue weighted by Crippen LogP contribution is -2.29. The van der Waals surface area contributed by atoms with E-state index in [2.05, 4.69) is 13.8 Å². The van der Waals surface area contributed by atoms with Crippen molar-refractivity contribution in [1.29, 1.82) is 0 Å². The Balaban J connectivity index is 1.94. The molecule has 2 N–H and O–H groups in total. The lowest BCUT2D eigenvalue weighted by atomic mass is 9.76. The van der Waals surface area contributed by atoms with Crippen LogP contribution in [-0.2, 0) is 4.74 Å². The first kappa shape index (κ1) is 14.5. The first-order chi connectivity index (χ1) is 9.00. The topological polar surface area (TPSA) is 35.2 Å². The molecule has 106 valence electrons. The van der Waals surface area contributed by atoms with Crippen molar-refractivity contribution < 1.29 is 9.13 Å². The fourth-order valence-electron chi connectivity index (χ4n) is 2.69. The lowest BCUT2D eigenvalue weighted by Gasteiger charge is -2.35. The van der Waals surface area contributed by atoms with E-state index in [1.807, 2.05) is 0 Å². The highest BCUT2D eigenvalue weighted by atomic mass is 19.1. The van der Waals surface area contributed by atoms with Gasteiger partial charge >= 0.3 is 0 Å². The van der Waals surface area contributed by atoms with Crippen molar-refractivity contribution in [2.24, 2.45) is 11.1 Å². The zero-order valence-corrected chi connectivity index (χ0v) is 11.9. The number of nitrogens with two attached hydrogens (primary N) is 1. The van der Waals surface area contributed by atoms with Gasteiger partial charge in [-0.05, 0) is 48.8 Å². The predicted molar refractivity (Wildman–Crippen MR) is 75.3 cm³/mol. The summed E-state index contributed by atoms with van der Waals surface area (Å²) in [6, 6.07) is 6.45. The summed E-state index contributed by atoms with van der Waals surface area (Å²) in [6.45, 7) is 5.05. The van der Waals surface area contributed by atoms with Crippen LogP contribution in [0.5, 0.6) is 0 Å². The van der Waals surface area contributed by atoms with Gasteiger partial charge < -0.3 is 10.5 Å². The van der Waals surface area contributed by atoms with Gasteiger partial charge in [-0.3, -0.25) is 0 Å². The maximum absolute atomic E-state index is 12.9. The number of rotatable bonds is 4. The molecular weight excluding hydrogens is 241 g/mol. The molecule has 0 spiro atoms. The molecule has 0 radical (unpaired) electrons. The van der Waals surface area contributed by atoms with Gasteiger partial charge in [0.25, 0.3) is 0 Å². The SMILES string of the molecule is CC1(C)CCC(OC(CN)c2ccc(F)cc2)CC1. The summed E-state index contributed by atoms with van der Waals surface area (Å²) in [5.41, 5.74) is 7.20. The second kappa shape index (κ2) is 6.02. The maximum atomic E-state index is 12.9. The molecule has 1 atom stereocenters. The van der Waals surface area contributed by atoms with Gasteiger partial charge in [-0.1, -0.05) is 26.0 Å². The molecule has 1 aromatic carbocycles. The van der Waals surface area contributed by atoms with Crippen molar-refractivity contribution in [3.8, 4) is 0 Å². The van der Waals surface area contributed by atoms with Gasteiger partial charge in [0.05, 0.1) is 12.2 Å². The predicted octanol–water partition coefficient (Wildman–Crippen LogP) is 3.81. The third-order valence-electron chi connectivity index (χ3n) is 4.10. The summed E-state index contributed by atoms with van der Waals surface area (Å²) in [5, 5.41) is 0. The minimum absolute atomic E-state index is 0.119. The van der Waals surface area contributed by atoms with Crippen LogP contribution in [0.4, 0.5) is 4.39 Å². The Morgan fingerprint density at radius 3 is 2.37 bits per heavy atom. The minimum Gasteiger partial charge on any atom is -0.369 e. The molecule has 2 rings (SSSR count). The standard InChI is InChI=1S/C16H24FNO/c1-16(2)9-7-14(8-10-16)19-15(11-18)12-3-5-13(17)6-4-12/h3-6,14-15H,7-11,18H2,1-2H3. The normalized spacial score (nSPS) is 21.3. The van der Waals surface area contributed by atoms with Gasteiger partial charge in [0.2, 0.25) is 0 Å². The largest absolute Gasteiger partial charge is 0.369 e. The van der Waals surface area contributed by atoms with Crippen LogP contribution in [0.1, 0.15) is 51.2 Å². The molecule has 0 bridgehead atoms. The van der Waals surface area contributed by atoms with Crippen LogP contribution in [0.25, 0.3) is 0 Å². The highest BCUT2D eigenvalue weighted by molar-refractivity contribution is 5.19. The summed E-state index contributed by atoms with van der Waals surface area (Å²) in [4.78, 5) is 0. The Bertz CT molecular complexity index is 392. The summed E-state index contributed by atoms with van der Waals surface area (Å²) < 4.78 is 19.0. The van der Waals surface area contributed by atoms with E-state index in [0.29, 0.717) is 12.0 Å². The third-order valence-corrected chi connectivity index (χ3v) is 4.10. The first-order valence-electron chi connectivity index (χ1n) is 7.11. The summed E-state index contributed by atoms with van der Waals surface area (Å²) in [7, 11) is 0. The van der Waals surface area contributed by atoms with E-state index in [9.17, 15) is 4.39 Å². The zero-order chi connectivity index (χ0) is 13.9. The average molecular weight is 265 g/mol. The van der Waals surface area contributed by atoms with Gasteiger partial charge in [0.15, 0.2) is 0 Å². The van der Waals surface area contributed by atoms with Crippen LogP contribution in [-0.4, -0.2) is 12.6 Å². The maximum Gasteiger partial charge on any atom is 0.123 e. The average Bonchev–Trinajstić information content (AvgIpc) is 2.39. The molecule has 0 aliphatic heterocycles. The monoisotopic (exact) mass is 265 g/mol. The van der Waals surface area contributed by atoms with E-state index < -0.39 is 0 Å². The summed E-state index contributed by atoms with van der Waals surface area (Å²) >= 11 is 0. The molecule has 1 fully saturated rings. The molecule has 1 aliphatic rings. The van der Waals surface area contributed by atoms with Gasteiger partial charge in [0, 0.05) is 6.54 Å². The fraction of sp³-hybridized carbons (Fsp3) is 0.625. The lowest BCUT2D eigenvalue weighted by molar-refractivity contribution is -0.0429. The van der Waals surface area contributed by atoms with Crippen LogP contribution in [0.3, 0.4) is 0 Å². The molecule has 1 saturated carbocycles. The molecule has 1 aromatic rings. The molecule has 0 saturated heterocycles. The van der Waals surface area contributed by atoms with Crippen LogP contribution in [0.2, 0.25) is 0 Å². The highest BCUT2D eigenvalue weighted by Gasteiger charge is 2.28. The molecule has 0 aromatic heterocycles. The van der Waals surface area contributed by atoms with Crippen LogP contribution >= 0.6 is 0 Å². The Kier molecular flexibility index (Phi) is 4.58. The number of halogens is 1. The molecule has 19 heavy (non-hydrogen) atoms. The van der Waals surface area contributed by atoms with Crippen molar-refractivity contribution in [3.63, 3.8) is 0 Å². The van der Waals surface area contributed by atoms with Crippen molar-refractivity contribution in [3.05, 3.63) is 35.6 Å². The summed E-state index contributed by atoms with van der Waals surface area (Å²) in [6.07, 6.45) is 4.73. The molecule has 3 heteroatoms. The van der Waals surface area contributed by atoms with E-state index in [1.165, 1.54) is 25.0 Å². The van der Waals surface area contributed by atoms with Crippen molar-refractivity contribution >= 4 is 0 Å². The van der Waals surface area contributed by atoms with Crippen LogP contribution < -0.4 is 5.73 Å². The number of ether oxygens (including phenoxy) is 1. The minimum atomic E-state index is -0.223. The molecule has 2 nitrogen and oxygen atoms in total. The van der Waals surface area contributed by atoms with Crippen LogP contribution in [0, 0.1) is 11.2 Å². The van der Waals surface area contributed by atoms with Gasteiger partial charge in [0.1, 0.15) is 5.82 Å². The fourth-order valence-corrected chi connectivity index (χ4v) is 2.69. The van der Waals surface area contributed by atoms with Crippen molar-refractivity contribution in [2.75, 3.05) is 6.54 Å². The number of hydrogen-bond donors (Lipinski definition) is 1. The second-order valence-corrected chi connectivity index (χ2v) is 6.28. The third kappa shape index (κ3) is 4.02. The molecule has 0 amide bonds. The van der Waals surface area contributed by atoms with E-state index in [-0.39, 0.29) is 18.0 Å². The van der Waals surface area contributed by atoms with E-state index in [1.54, 1.807) is 12.1 Å². The molecule has 1 aliphatic carbocycles. The van der Waals surface area contributed by atoms with E-state index in [4.69, 9.17) is 10.5 Å². The molecule has 0 heterocycles. The smallest absolute Gasteiger partial charge is 0.123 e. The van der Waals surface area contributed by atoms with Crippen LogP contribution in [0.15, 0.2) is 24.3 Å². The van der Waals surface area contributed by atoms with Crippen molar-refractivity contribution in [2.45, 2.75) is 51.7 Å². The van der Waals surface area contributed by atoms with Crippen molar-refractivity contribution in [1.82, 2.24) is 0 Å². The van der Waals surface area contributed by atoms with Gasteiger partial charge in [-0.2, -0.15) is 0 Å². The summed E-state index contributed by atoms with van der Waals surface area (Å²) in [5.74, 6) is -0.223. The molecule has 1 unspecified atom stereocenters. The second-order valence-electron chi connectivity index (χ2n) is 6.28. The quantitative estimate of drug-likeness (QED) is 0.898. The Morgan fingerprint density at radius 1 is 1.26 bits per heavy atom. The van der Waals surface area contributed by atoms with Gasteiger partial charge in [-0.25, -0.2) is 4.39 Å². The highest BCUT2D eigenvalue weighted by Crippen LogP contribution is 2.37. The molecular formula is C16H24FNO. The van der Waals surface area contributed by atoms with E-state index in [0.717, 1.165) is 18.4 Å². The Hall–Kier alpha value is -0.930. The number of hydrogen-bond acceptors (Lipinski definition) is 2. The Labute approximate surface area is 115 Å².